The first-order chi connectivity index (χ1) is 0. The van der Waals surface area contributed by atoms with Gasteiger partial charge in [-0.15, -0.1) is 0 Å². The van der Waals surface area contributed by atoms with Crippen molar-refractivity contribution in [3.05, 3.63) is 0 Å². The van der Waals surface area contributed by atoms with Crippen molar-refractivity contribution in [2.24, 2.45) is 0 Å². The van der Waals surface area contributed by atoms with Crippen molar-refractivity contribution in [2.45, 2.75) is 0 Å². The van der Waals surface area contributed by atoms with Crippen LogP contribution in [0.5, 0.6) is 0 Å². The maximum atomic E-state index is 0. The molecule has 5 heavy (non-hydrogen) atoms. The average Bonchev–Trinajstić information content (AvgIpc) is 0. The van der Waals surface area contributed by atoms with Crippen LogP contribution < -0.4 is 0 Å². The second kappa shape index (κ2) is 36.3. The van der Waals surface area contributed by atoms with Gasteiger partial charge >= 0.3 is 45.5 Å². The van der Waals surface area contributed by atoms with E-state index in [9.17, 15) is 0 Å². The molecule has 0 aromatic heterocycles. The molecule has 0 saturated heterocycles. The minimum absolute atomic E-state index is 0. The smallest absolute Gasteiger partial charge is 0.870 e. The zero-order valence-corrected chi connectivity index (χ0v) is 7.64. The average molecular weight is 188 g/mol. The Kier molecular flexibility index (Phi) is 441. The summed E-state index contributed by atoms with van der Waals surface area (Å²) in [6.45, 7) is 0. The van der Waals surface area contributed by atoms with Gasteiger partial charge in [-0.05, 0) is 0 Å². The van der Waals surface area contributed by atoms with E-state index in [4.69, 9.17) is 0 Å². The van der Waals surface area contributed by atoms with E-state index in [1.54, 1.807) is 0 Å². The van der Waals surface area contributed by atoms with Crippen LogP contribution in [0.3, 0.4) is 0 Å². The Morgan fingerprint density at radius 3 is 0.800 bits per heavy atom. The van der Waals surface area contributed by atoms with Crippen molar-refractivity contribution >= 4 is 45.5 Å². The molecule has 0 spiro atoms. The monoisotopic (exact) mass is 188 g/mol. The van der Waals surface area contributed by atoms with Crippen molar-refractivity contribution in [1.29, 1.82) is 0 Å². The van der Waals surface area contributed by atoms with Gasteiger partial charge in [0.25, 0.3) is 0 Å². The van der Waals surface area contributed by atoms with Gasteiger partial charge in [0, 0.05) is 21.7 Å². The Bertz CT molecular complexity index is 6.85. The molecule has 4 N–H and O–H groups in total. The van der Waals surface area contributed by atoms with Crippen LogP contribution in [0.1, 0.15) is 0 Å². The molecule has 0 fully saturated rings. The molecule has 3 nitrogen and oxygen atoms in total. The van der Waals surface area contributed by atoms with Gasteiger partial charge < -0.3 is 16.4 Å². The Hall–Kier alpha value is 2.07. The topological polar surface area (TPSA) is 91.5 Å². The number of rotatable bonds is 0. The molecule has 0 aliphatic carbocycles. The molecule has 5 heteroatoms. The van der Waals surface area contributed by atoms with Gasteiger partial charge in [0.05, 0.1) is 0 Å². The van der Waals surface area contributed by atoms with E-state index in [1.165, 1.54) is 0 Å². The van der Waals surface area contributed by atoms with Gasteiger partial charge in [-0.25, -0.2) is 0 Å². The molecule has 0 amide bonds. The van der Waals surface area contributed by atoms with Crippen molar-refractivity contribution in [2.75, 3.05) is 0 Å². The van der Waals surface area contributed by atoms with E-state index in [2.05, 4.69) is 0 Å². The SMILES string of the molecule is O.[OH-].[OH-].[Sr+2].[Ti]. The van der Waals surface area contributed by atoms with Crippen molar-refractivity contribution < 1.29 is 38.1 Å². The van der Waals surface area contributed by atoms with E-state index in [0.29, 0.717) is 0 Å². The van der Waals surface area contributed by atoms with Crippen molar-refractivity contribution in [3.63, 3.8) is 0 Å². The van der Waals surface area contributed by atoms with Gasteiger partial charge in [0.15, 0.2) is 0 Å². The van der Waals surface area contributed by atoms with Crippen molar-refractivity contribution in [3.8, 4) is 0 Å². The first-order valence-corrected chi connectivity index (χ1v) is 0. The van der Waals surface area contributed by atoms with E-state index >= 15 is 0 Å². The number of hydrogen-bond acceptors (Lipinski definition) is 2. The van der Waals surface area contributed by atoms with Crippen LogP contribution in [0, 0.1) is 0 Å². The van der Waals surface area contributed by atoms with Crippen LogP contribution >= 0.6 is 0 Å². The van der Waals surface area contributed by atoms with Gasteiger partial charge in [0.2, 0.25) is 0 Å². The van der Waals surface area contributed by atoms with Crippen LogP contribution in [0.4, 0.5) is 0 Å². The summed E-state index contributed by atoms with van der Waals surface area (Å²) in [6, 6.07) is 0. The van der Waals surface area contributed by atoms with Gasteiger partial charge in [-0.2, -0.15) is 0 Å². The molecule has 0 unspecified atom stereocenters. The van der Waals surface area contributed by atoms with E-state index in [1.807, 2.05) is 0 Å². The summed E-state index contributed by atoms with van der Waals surface area (Å²) < 4.78 is 0. The van der Waals surface area contributed by atoms with Crippen LogP contribution in [0.2, 0.25) is 0 Å². The molecule has 0 saturated carbocycles. The standard InChI is InChI=1S/3H2O.Sr.Ti/h3*1H2;;/q;;;+2;/p-2. The maximum absolute atomic E-state index is 0. The molecule has 0 aliphatic rings. The van der Waals surface area contributed by atoms with Crippen LogP contribution in [0.25, 0.3) is 0 Å². The van der Waals surface area contributed by atoms with Crippen LogP contribution in [-0.4, -0.2) is 61.9 Å². The second-order valence-corrected chi connectivity index (χ2v) is 0. The van der Waals surface area contributed by atoms with Crippen LogP contribution in [-0.2, 0) is 21.7 Å². The Labute approximate surface area is 82.2 Å². The fraction of sp³-hybridized carbons (Fsp3) is 0. The third-order valence-corrected chi connectivity index (χ3v) is 0. The summed E-state index contributed by atoms with van der Waals surface area (Å²) in [6.07, 6.45) is 0. The molecule has 0 aromatic carbocycles. The minimum atomic E-state index is 0. The molecule has 0 heterocycles. The molecule has 0 aliphatic heterocycles. The van der Waals surface area contributed by atoms with E-state index < -0.39 is 0 Å². The first kappa shape index (κ1) is 60.6. The summed E-state index contributed by atoms with van der Waals surface area (Å²) in [5.41, 5.74) is 0. The minimum Gasteiger partial charge on any atom is -0.870 e. The fourth-order valence-electron chi connectivity index (χ4n) is 0. The summed E-state index contributed by atoms with van der Waals surface area (Å²) in [4.78, 5) is 0. The quantitative estimate of drug-likeness (QED) is 0.429. The van der Waals surface area contributed by atoms with E-state index in [0.717, 1.165) is 0 Å². The third-order valence-electron chi connectivity index (χ3n) is 0. The first-order valence-electron chi connectivity index (χ1n) is 0. The maximum Gasteiger partial charge on any atom is 2.00 e. The predicted molar refractivity (Wildman–Crippen MR) is 13.2 cm³/mol. The van der Waals surface area contributed by atoms with Crippen molar-refractivity contribution in [1.82, 2.24) is 0 Å². The zero-order valence-electron chi connectivity index (χ0n) is 2.60. The molecule has 0 radical (unpaired) electrons. The van der Waals surface area contributed by atoms with Crippen LogP contribution in [0.15, 0.2) is 0 Å². The Morgan fingerprint density at radius 2 is 0.800 bits per heavy atom. The van der Waals surface area contributed by atoms with Gasteiger partial charge in [0.1, 0.15) is 0 Å². The zero-order chi connectivity index (χ0) is 0. The third kappa shape index (κ3) is 23.4. The summed E-state index contributed by atoms with van der Waals surface area (Å²) in [5, 5.41) is 0. The molecule has 0 aromatic rings. The molecule has 0 rings (SSSR count). The van der Waals surface area contributed by atoms with Gasteiger partial charge in [-0.3, -0.25) is 0 Å². The largest absolute Gasteiger partial charge is 2.00 e. The fourth-order valence-corrected chi connectivity index (χ4v) is 0. The van der Waals surface area contributed by atoms with E-state index in [-0.39, 0.29) is 83.6 Å². The summed E-state index contributed by atoms with van der Waals surface area (Å²) in [5.74, 6) is 0. The molecular formula is H4O3SrTi. The molecule has 0 bridgehead atoms. The van der Waals surface area contributed by atoms with Gasteiger partial charge in [-0.1, -0.05) is 0 Å². The molecule has 0 atom stereocenters. The second-order valence-electron chi connectivity index (χ2n) is 0. The normalized spacial score (nSPS) is 0. The Morgan fingerprint density at radius 1 is 0.800 bits per heavy atom. The molecular weight excluding hydrogens is 183 g/mol. The number of hydrogen-bond donors (Lipinski definition) is 0. The molecule has 28 valence electrons. The summed E-state index contributed by atoms with van der Waals surface area (Å²) >= 11 is 0. The summed E-state index contributed by atoms with van der Waals surface area (Å²) in [7, 11) is 0. The predicted octanol–water partition coefficient (Wildman–Crippen LogP) is -1.56. The Balaban J connectivity index is 0.